The molecule has 4 N–H and O–H groups in total. The highest BCUT2D eigenvalue weighted by molar-refractivity contribution is 6.27. The number of nitrogens with two attached hydrogens (primary N) is 1. The van der Waals surface area contributed by atoms with E-state index >= 15 is 0 Å². The molecule has 8 nitrogen and oxygen atoms in total. The van der Waals surface area contributed by atoms with Crippen LogP contribution in [0.3, 0.4) is 0 Å². The molecule has 8 heteroatoms. The lowest BCUT2D eigenvalue weighted by atomic mass is 10.3. The first-order valence-electron chi connectivity index (χ1n) is 4.56. The van der Waals surface area contributed by atoms with Crippen LogP contribution in [-0.2, 0) is 16.1 Å². The highest BCUT2D eigenvalue weighted by Gasteiger charge is 2.04. The predicted molar refractivity (Wildman–Crippen MR) is 58.7 cm³/mol. The van der Waals surface area contributed by atoms with Crippen LogP contribution in [0.4, 0.5) is 0 Å². The van der Waals surface area contributed by atoms with Crippen molar-refractivity contribution >= 4 is 11.9 Å². The van der Waals surface area contributed by atoms with E-state index in [-0.39, 0.29) is 5.69 Å². The third-order valence-electron chi connectivity index (χ3n) is 1.63. The summed E-state index contributed by atoms with van der Waals surface area (Å²) < 4.78 is 4.91. The van der Waals surface area contributed by atoms with Gasteiger partial charge in [-0.05, 0) is 12.1 Å². The van der Waals surface area contributed by atoms with E-state index in [1.165, 1.54) is 7.11 Å². The molecule has 0 atom stereocenters. The molecule has 96 valence electrons. The van der Waals surface area contributed by atoms with Gasteiger partial charge >= 0.3 is 11.9 Å². The van der Waals surface area contributed by atoms with Gasteiger partial charge in [0, 0.05) is 6.54 Å². The number of ether oxygens (including phenoxy) is 1. The topological polar surface area (TPSA) is 147 Å². The van der Waals surface area contributed by atoms with Gasteiger partial charge in [0.2, 0.25) is 0 Å². The Bertz CT molecular complexity index is 469. The van der Waals surface area contributed by atoms with Gasteiger partial charge in [-0.15, -0.1) is 0 Å². The van der Waals surface area contributed by atoms with Crippen molar-refractivity contribution in [2.45, 2.75) is 6.54 Å². The molecule has 0 aliphatic rings. The number of methoxy groups -OCH3 is 1. The number of nitrogens with zero attached hydrogens (tertiary/aromatic N) is 2. The maximum Gasteiger partial charge on any atom is 0.414 e. The molecule has 1 aromatic rings. The molecule has 0 aliphatic carbocycles. The molecule has 0 fully saturated rings. The molecule has 0 radical (unpaired) electrons. The second-order valence-corrected chi connectivity index (χ2v) is 2.78. The third-order valence-corrected chi connectivity index (χ3v) is 1.63. The summed E-state index contributed by atoms with van der Waals surface area (Å²) in [6, 6.07) is 5.35. The van der Waals surface area contributed by atoms with Gasteiger partial charge in [-0.1, -0.05) is 0 Å². The summed E-state index contributed by atoms with van der Waals surface area (Å²) >= 11 is 0. The van der Waals surface area contributed by atoms with Crippen molar-refractivity contribution in [3.63, 3.8) is 0 Å². The van der Waals surface area contributed by atoms with Crippen LogP contribution in [0.5, 0.6) is 5.75 Å². The molecule has 0 bridgehead atoms. The number of aliphatic carboxylic acids is 2. The number of hydrogen-bond donors (Lipinski definition) is 3. The first-order valence-corrected chi connectivity index (χ1v) is 4.56. The average molecular weight is 253 g/mol. The van der Waals surface area contributed by atoms with Crippen LogP contribution in [0.25, 0.3) is 0 Å². The fourth-order valence-electron chi connectivity index (χ4n) is 0.845. The smallest absolute Gasteiger partial charge is 0.414 e. The van der Waals surface area contributed by atoms with Crippen LogP contribution < -0.4 is 10.5 Å². The third kappa shape index (κ3) is 4.91. The molecular formula is C10H11N3O5. The van der Waals surface area contributed by atoms with Crippen LogP contribution >= 0.6 is 0 Å². The van der Waals surface area contributed by atoms with E-state index in [9.17, 15) is 0 Å². The summed E-state index contributed by atoms with van der Waals surface area (Å²) in [6.07, 6.45) is 0. The largest absolute Gasteiger partial charge is 0.494 e. The first-order chi connectivity index (χ1) is 8.46. The SMILES string of the molecule is COc1ccc(CN)nc1C#N.O=C(O)C(=O)O. The van der Waals surface area contributed by atoms with Crippen LogP contribution in [0, 0.1) is 11.3 Å². The molecule has 0 spiro atoms. The van der Waals surface area contributed by atoms with E-state index in [1.807, 2.05) is 6.07 Å². The average Bonchev–Trinajstić information content (AvgIpc) is 2.38. The summed E-state index contributed by atoms with van der Waals surface area (Å²) in [6.45, 7) is 0.332. The minimum Gasteiger partial charge on any atom is -0.494 e. The van der Waals surface area contributed by atoms with Gasteiger partial charge in [-0.25, -0.2) is 14.6 Å². The van der Waals surface area contributed by atoms with Crippen molar-refractivity contribution in [2.75, 3.05) is 7.11 Å². The summed E-state index contributed by atoms with van der Waals surface area (Å²) in [7, 11) is 1.50. The Morgan fingerprint density at radius 3 is 2.33 bits per heavy atom. The van der Waals surface area contributed by atoms with Crippen LogP contribution in [-0.4, -0.2) is 34.2 Å². The molecular weight excluding hydrogens is 242 g/mol. The summed E-state index contributed by atoms with van der Waals surface area (Å²) in [5.74, 6) is -3.17. The van der Waals surface area contributed by atoms with E-state index in [0.717, 1.165) is 0 Å². The molecule has 0 aliphatic heterocycles. The number of carbonyl (C=O) groups is 2. The van der Waals surface area contributed by atoms with Crippen molar-refractivity contribution in [1.82, 2.24) is 4.98 Å². The lowest BCUT2D eigenvalue weighted by molar-refractivity contribution is -0.159. The Hall–Kier alpha value is -2.66. The van der Waals surface area contributed by atoms with E-state index in [1.54, 1.807) is 12.1 Å². The quantitative estimate of drug-likeness (QED) is 0.602. The Labute approximate surface area is 102 Å². The van der Waals surface area contributed by atoms with Gasteiger partial charge in [-0.3, -0.25) is 0 Å². The molecule has 0 saturated heterocycles. The van der Waals surface area contributed by atoms with Gasteiger partial charge in [-0.2, -0.15) is 5.26 Å². The second kappa shape index (κ2) is 7.59. The summed E-state index contributed by atoms with van der Waals surface area (Å²) in [5, 5.41) is 23.4. The van der Waals surface area contributed by atoms with E-state index in [0.29, 0.717) is 18.0 Å². The minimum atomic E-state index is -1.82. The standard InChI is InChI=1S/C8H9N3O.C2H2O4/c1-12-8-3-2-6(4-9)11-7(8)5-10;3-1(4)2(5)6/h2-3H,4,9H2,1H3;(H,3,4)(H,5,6). The van der Waals surface area contributed by atoms with Crippen molar-refractivity contribution in [3.8, 4) is 11.8 Å². The lowest BCUT2D eigenvalue weighted by Crippen LogP contribution is -2.09. The Balaban J connectivity index is 0.000000411. The Kier molecular flexibility index (Phi) is 6.47. The van der Waals surface area contributed by atoms with Gasteiger partial charge in [0.05, 0.1) is 12.8 Å². The molecule has 0 unspecified atom stereocenters. The molecule has 1 aromatic heterocycles. The van der Waals surface area contributed by atoms with Crippen molar-refractivity contribution in [1.29, 1.82) is 5.26 Å². The fraction of sp³-hybridized carbons (Fsp3) is 0.200. The molecule has 0 amide bonds. The maximum absolute atomic E-state index is 9.10. The zero-order chi connectivity index (χ0) is 14.1. The van der Waals surface area contributed by atoms with Gasteiger partial charge in [0.25, 0.3) is 0 Å². The number of aromatic nitrogens is 1. The van der Waals surface area contributed by atoms with Crippen molar-refractivity contribution in [2.24, 2.45) is 5.73 Å². The van der Waals surface area contributed by atoms with E-state index < -0.39 is 11.9 Å². The van der Waals surface area contributed by atoms with Crippen LogP contribution in [0.2, 0.25) is 0 Å². The summed E-state index contributed by atoms with van der Waals surface area (Å²) in [4.78, 5) is 22.2. The minimum absolute atomic E-state index is 0.278. The molecule has 0 saturated carbocycles. The number of carboxylic acids is 2. The Morgan fingerprint density at radius 1 is 1.44 bits per heavy atom. The number of pyridine rings is 1. The maximum atomic E-state index is 9.10. The number of carboxylic acid groups (broad SMARTS) is 2. The first kappa shape index (κ1) is 15.3. The van der Waals surface area contributed by atoms with E-state index in [2.05, 4.69) is 4.98 Å². The van der Waals surface area contributed by atoms with Crippen LogP contribution in [0.1, 0.15) is 11.4 Å². The number of hydrogen-bond acceptors (Lipinski definition) is 6. The summed E-state index contributed by atoms with van der Waals surface area (Å²) in [5.41, 5.74) is 6.32. The predicted octanol–water partition coefficient (Wildman–Crippen LogP) is -0.424. The Morgan fingerprint density at radius 2 is 2.00 bits per heavy atom. The van der Waals surface area contributed by atoms with Gasteiger partial charge in [0.1, 0.15) is 6.07 Å². The van der Waals surface area contributed by atoms with Gasteiger partial charge < -0.3 is 20.7 Å². The van der Waals surface area contributed by atoms with E-state index in [4.69, 9.17) is 35.5 Å². The highest BCUT2D eigenvalue weighted by atomic mass is 16.5. The van der Waals surface area contributed by atoms with Crippen molar-refractivity contribution < 1.29 is 24.5 Å². The van der Waals surface area contributed by atoms with Crippen molar-refractivity contribution in [3.05, 3.63) is 23.5 Å². The molecule has 18 heavy (non-hydrogen) atoms. The molecule has 0 aromatic carbocycles. The fourth-order valence-corrected chi connectivity index (χ4v) is 0.845. The lowest BCUT2D eigenvalue weighted by Gasteiger charge is -2.02. The monoisotopic (exact) mass is 253 g/mol. The number of nitriles is 1. The molecule has 1 rings (SSSR count). The van der Waals surface area contributed by atoms with Gasteiger partial charge in [0.15, 0.2) is 11.4 Å². The second-order valence-electron chi connectivity index (χ2n) is 2.78. The highest BCUT2D eigenvalue weighted by Crippen LogP contribution is 2.14. The number of rotatable bonds is 2. The normalized spacial score (nSPS) is 8.50. The zero-order valence-electron chi connectivity index (χ0n) is 9.45. The molecule has 1 heterocycles. The zero-order valence-corrected chi connectivity index (χ0v) is 9.45. The van der Waals surface area contributed by atoms with Crippen LogP contribution in [0.15, 0.2) is 12.1 Å².